The predicted octanol–water partition coefficient (Wildman–Crippen LogP) is 13.5. The highest BCUT2D eigenvalue weighted by Crippen LogP contribution is 2.43. The number of rotatable bonds is 6. The third-order valence-electron chi connectivity index (χ3n) is 12.4. The van der Waals surface area contributed by atoms with Crippen molar-refractivity contribution < 1.29 is 18.3 Å². The van der Waals surface area contributed by atoms with Crippen LogP contribution in [0.15, 0.2) is 203 Å². The molecular weight excluding hydrogens is 763 g/mol. The van der Waals surface area contributed by atoms with Crippen LogP contribution < -0.4 is 35.7 Å². The minimum absolute atomic E-state index is 0.170. The van der Waals surface area contributed by atoms with Crippen LogP contribution in [0.25, 0.3) is 43.9 Å². The van der Waals surface area contributed by atoms with Gasteiger partial charge >= 0.3 is 0 Å². The second-order valence-corrected chi connectivity index (χ2v) is 16.2. The van der Waals surface area contributed by atoms with Gasteiger partial charge in [-0.05, 0) is 127 Å². The highest BCUT2D eigenvalue weighted by atomic mass is 16.5. The lowest BCUT2D eigenvalue weighted by Crippen LogP contribution is -2.57. The van der Waals surface area contributed by atoms with E-state index in [-0.39, 0.29) is 6.71 Å². The molecule has 0 amide bonds. The number of benzene rings is 9. The molecule has 9 aromatic carbocycles. The molecule has 292 valence electrons. The zero-order chi connectivity index (χ0) is 40.9. The average molecular weight is 799 g/mol. The molecule has 13 rings (SSSR count). The van der Waals surface area contributed by atoms with Gasteiger partial charge in [0.05, 0.1) is 0 Å². The first kappa shape index (κ1) is 34.7. The van der Waals surface area contributed by atoms with Crippen LogP contribution in [0.3, 0.4) is 0 Å². The van der Waals surface area contributed by atoms with Gasteiger partial charge in [0, 0.05) is 73.3 Å². The minimum Gasteiger partial charge on any atom is -0.458 e. The van der Waals surface area contributed by atoms with Crippen molar-refractivity contribution in [1.82, 2.24) is 0 Å². The van der Waals surface area contributed by atoms with Crippen LogP contribution in [0.2, 0.25) is 0 Å². The van der Waals surface area contributed by atoms with Crippen LogP contribution in [-0.4, -0.2) is 6.71 Å². The Bertz CT molecular complexity index is 3510. The summed E-state index contributed by atoms with van der Waals surface area (Å²) in [6.45, 7) is 1.94. The maximum atomic E-state index is 6.79. The van der Waals surface area contributed by atoms with Crippen LogP contribution in [0, 0.1) is 6.92 Å². The molecule has 0 radical (unpaired) electrons. The van der Waals surface area contributed by atoms with E-state index in [1.54, 1.807) is 0 Å². The third-order valence-corrected chi connectivity index (χ3v) is 12.4. The summed E-state index contributed by atoms with van der Waals surface area (Å²) < 4.78 is 27.0. The molecule has 0 fully saturated rings. The normalized spacial score (nSPS) is 12.5. The molecule has 0 spiro atoms. The SMILES string of the molecule is Cc1ccc(N(c2ccccc2)c2ccc3c(c2)oc2cc4c(cc23)Oc2cccc3c2B4c2cc4oc5cc(N(c6ccccc6)c6ccccc6)ccc5c4cc2O3)cc1. The summed E-state index contributed by atoms with van der Waals surface area (Å²) in [6.07, 6.45) is 0. The summed E-state index contributed by atoms with van der Waals surface area (Å²) in [4.78, 5) is 4.51. The maximum Gasteiger partial charge on any atom is 0.261 e. The Hall–Kier alpha value is -8.16. The van der Waals surface area contributed by atoms with E-state index in [0.29, 0.717) is 0 Å². The Morgan fingerprint density at radius 2 is 0.742 bits per heavy atom. The molecule has 0 saturated carbocycles. The molecule has 0 aliphatic carbocycles. The van der Waals surface area contributed by atoms with Crippen molar-refractivity contribution in [2.45, 2.75) is 6.92 Å². The number of aryl methyl sites for hydroxylation is 1. The van der Waals surface area contributed by atoms with Crippen molar-refractivity contribution in [3.05, 3.63) is 200 Å². The fraction of sp³-hybridized carbons (Fsp3) is 0.0182. The van der Waals surface area contributed by atoms with Gasteiger partial charge in [0.1, 0.15) is 45.3 Å². The van der Waals surface area contributed by atoms with E-state index in [4.69, 9.17) is 18.3 Å². The molecule has 2 aliphatic rings. The van der Waals surface area contributed by atoms with Crippen LogP contribution in [0.5, 0.6) is 23.0 Å². The van der Waals surface area contributed by atoms with Crippen LogP contribution >= 0.6 is 0 Å². The largest absolute Gasteiger partial charge is 0.458 e. The Morgan fingerprint density at radius 3 is 1.19 bits per heavy atom. The molecule has 7 heteroatoms. The van der Waals surface area contributed by atoms with Gasteiger partial charge in [-0.3, -0.25) is 0 Å². The van der Waals surface area contributed by atoms with E-state index >= 15 is 0 Å². The molecule has 62 heavy (non-hydrogen) atoms. The van der Waals surface area contributed by atoms with E-state index in [1.807, 2.05) is 36.4 Å². The molecule has 2 aliphatic heterocycles. The number of anilines is 6. The van der Waals surface area contributed by atoms with Gasteiger partial charge in [-0.1, -0.05) is 78.4 Å². The maximum absolute atomic E-state index is 6.79. The fourth-order valence-corrected chi connectivity index (χ4v) is 9.54. The number of para-hydroxylation sites is 3. The van der Waals surface area contributed by atoms with E-state index in [9.17, 15) is 0 Å². The van der Waals surface area contributed by atoms with Crippen molar-refractivity contribution in [3.63, 3.8) is 0 Å². The lowest BCUT2D eigenvalue weighted by atomic mass is 9.35. The van der Waals surface area contributed by atoms with E-state index in [1.165, 1.54) is 5.56 Å². The lowest BCUT2D eigenvalue weighted by Gasteiger charge is -2.32. The molecule has 6 nitrogen and oxygen atoms in total. The fourth-order valence-electron chi connectivity index (χ4n) is 9.54. The topological polar surface area (TPSA) is 51.2 Å². The Kier molecular flexibility index (Phi) is 7.51. The number of ether oxygens (including phenoxy) is 2. The van der Waals surface area contributed by atoms with Crippen molar-refractivity contribution in [3.8, 4) is 23.0 Å². The van der Waals surface area contributed by atoms with E-state index < -0.39 is 0 Å². The molecule has 0 saturated heterocycles. The molecule has 0 unspecified atom stereocenters. The second-order valence-electron chi connectivity index (χ2n) is 16.2. The highest BCUT2D eigenvalue weighted by molar-refractivity contribution is 6.98. The van der Waals surface area contributed by atoms with Gasteiger partial charge in [-0.2, -0.15) is 0 Å². The zero-order valence-corrected chi connectivity index (χ0v) is 33.6. The molecule has 11 aromatic rings. The first-order chi connectivity index (χ1) is 30.6. The summed E-state index contributed by atoms with van der Waals surface area (Å²) in [5, 5.41) is 4.06. The number of hydrogen-bond donors (Lipinski definition) is 0. The highest BCUT2D eigenvalue weighted by Gasteiger charge is 2.41. The van der Waals surface area contributed by atoms with Gasteiger partial charge in [-0.25, -0.2) is 0 Å². The summed E-state index contributed by atoms with van der Waals surface area (Å²) in [7, 11) is 0. The summed E-state index contributed by atoms with van der Waals surface area (Å²) in [5.74, 6) is 3.17. The zero-order valence-electron chi connectivity index (χ0n) is 33.6. The minimum atomic E-state index is -0.170. The quantitative estimate of drug-likeness (QED) is 0.156. The molecule has 0 atom stereocenters. The van der Waals surface area contributed by atoms with Crippen molar-refractivity contribution in [2.24, 2.45) is 0 Å². The van der Waals surface area contributed by atoms with Crippen molar-refractivity contribution in [1.29, 1.82) is 0 Å². The van der Waals surface area contributed by atoms with E-state index in [0.717, 1.165) is 117 Å². The summed E-state index contributed by atoms with van der Waals surface area (Å²) in [5.41, 5.74) is 13.8. The Morgan fingerprint density at radius 1 is 0.339 bits per heavy atom. The van der Waals surface area contributed by atoms with Gasteiger partial charge in [0.25, 0.3) is 6.71 Å². The molecule has 2 aromatic heterocycles. The lowest BCUT2D eigenvalue weighted by molar-refractivity contribution is 0.465. The first-order valence-electron chi connectivity index (χ1n) is 20.9. The summed E-state index contributed by atoms with van der Waals surface area (Å²) in [6, 6.07) is 67.5. The van der Waals surface area contributed by atoms with Crippen molar-refractivity contribution >= 4 is 101 Å². The first-order valence-corrected chi connectivity index (χ1v) is 20.9. The molecule has 4 heterocycles. The number of hydrogen-bond acceptors (Lipinski definition) is 6. The van der Waals surface area contributed by atoms with Crippen LogP contribution in [0.4, 0.5) is 34.1 Å². The van der Waals surface area contributed by atoms with Gasteiger partial charge in [-0.15, -0.1) is 0 Å². The van der Waals surface area contributed by atoms with Gasteiger partial charge < -0.3 is 28.1 Å². The van der Waals surface area contributed by atoms with Gasteiger partial charge in [0.2, 0.25) is 0 Å². The average Bonchev–Trinajstić information content (AvgIpc) is 3.85. The van der Waals surface area contributed by atoms with Crippen LogP contribution in [-0.2, 0) is 0 Å². The number of nitrogens with zero attached hydrogens (tertiary/aromatic N) is 2. The third kappa shape index (κ3) is 5.38. The number of furan rings is 2. The van der Waals surface area contributed by atoms with E-state index in [2.05, 4.69) is 174 Å². The Balaban J connectivity index is 0.939. The van der Waals surface area contributed by atoms with Crippen molar-refractivity contribution in [2.75, 3.05) is 9.80 Å². The number of fused-ring (bicyclic) bond motifs is 10. The van der Waals surface area contributed by atoms with Crippen LogP contribution in [0.1, 0.15) is 5.56 Å². The molecule has 0 bridgehead atoms. The Labute approximate surface area is 357 Å². The molecular formula is C55H35BN2O4. The van der Waals surface area contributed by atoms with Gasteiger partial charge in [0.15, 0.2) is 0 Å². The molecule has 0 N–H and O–H groups in total. The smallest absolute Gasteiger partial charge is 0.261 e. The summed E-state index contributed by atoms with van der Waals surface area (Å²) >= 11 is 0. The monoisotopic (exact) mass is 798 g/mol. The second kappa shape index (κ2) is 13.4. The standard InChI is InChI=1S/C55H35BN2O4/c1-34-20-22-38(23-21-34)58(37-16-9-4-10-17-37)40-25-27-42-44-31-54-46(33-52(44)62-50(42)29-40)56-45-32-51-43(30-53(45)59-47-18-11-19-48(60-54)55(47)56)41-26-24-39(28-49(41)61-51)57(35-12-5-2-6-13-35)36-14-7-3-8-15-36/h2-33H,1H3. The predicted molar refractivity (Wildman–Crippen MR) is 253 cm³/mol.